The number of para-hydroxylation sites is 2. The fourth-order valence-electron chi connectivity index (χ4n) is 2.24. The van der Waals surface area contributed by atoms with Gasteiger partial charge >= 0.3 is 0 Å². The molecule has 8 heteroatoms. The average molecular weight is 374 g/mol. The van der Waals surface area contributed by atoms with Crippen LogP contribution in [0.2, 0.25) is 0 Å². The van der Waals surface area contributed by atoms with Crippen LogP contribution in [-0.4, -0.2) is 47.2 Å². The normalized spacial score (nSPS) is 10.4. The summed E-state index contributed by atoms with van der Waals surface area (Å²) in [5.41, 5.74) is 3.01. The Bertz CT molecular complexity index is 807. The standard InChI is InChI=1S/C19H22N2O6/c1-23-14-7-5-6-8-15(14)27-12-19(22)21-20-11-13-9-17(25-3)18(26-4)10-16(13)24-2/h5-11H,12H2,1-4H3,(H,21,22)/b20-11-. The molecule has 0 aromatic heterocycles. The third-order valence-corrected chi connectivity index (χ3v) is 3.56. The van der Waals surface area contributed by atoms with Crippen LogP contribution in [0.4, 0.5) is 0 Å². The monoisotopic (exact) mass is 374 g/mol. The number of nitrogens with zero attached hydrogens (tertiary/aromatic N) is 1. The number of hydrazone groups is 1. The summed E-state index contributed by atoms with van der Waals surface area (Å²) in [5, 5.41) is 3.92. The number of methoxy groups -OCH3 is 4. The molecule has 0 unspecified atom stereocenters. The van der Waals surface area contributed by atoms with Crippen LogP contribution in [0.1, 0.15) is 5.56 Å². The average Bonchev–Trinajstić information content (AvgIpc) is 2.71. The van der Waals surface area contributed by atoms with Crippen molar-refractivity contribution in [3.63, 3.8) is 0 Å². The Morgan fingerprint density at radius 3 is 2.11 bits per heavy atom. The molecule has 2 aromatic rings. The molecule has 0 saturated carbocycles. The number of carbonyl (C=O) groups excluding carboxylic acids is 1. The SMILES string of the molecule is COc1cc(OC)c(OC)cc1/C=N\NC(=O)COc1ccccc1OC. The molecule has 0 radical (unpaired) electrons. The molecule has 0 bridgehead atoms. The smallest absolute Gasteiger partial charge is 0.277 e. The van der Waals surface area contributed by atoms with Crippen LogP contribution in [0.15, 0.2) is 41.5 Å². The number of hydrogen-bond acceptors (Lipinski definition) is 7. The summed E-state index contributed by atoms with van der Waals surface area (Å²) < 4.78 is 26.4. The maximum atomic E-state index is 11.9. The fourth-order valence-corrected chi connectivity index (χ4v) is 2.24. The van der Waals surface area contributed by atoms with Gasteiger partial charge in [-0.05, 0) is 18.2 Å². The summed E-state index contributed by atoms with van der Waals surface area (Å²) in [6.07, 6.45) is 1.45. The molecule has 144 valence electrons. The van der Waals surface area contributed by atoms with E-state index in [1.165, 1.54) is 34.7 Å². The number of carbonyl (C=O) groups is 1. The lowest BCUT2D eigenvalue weighted by Crippen LogP contribution is -2.24. The molecule has 0 saturated heterocycles. The van der Waals surface area contributed by atoms with E-state index < -0.39 is 5.91 Å². The summed E-state index contributed by atoms with van der Waals surface area (Å²) in [5.74, 6) is 2.17. The lowest BCUT2D eigenvalue weighted by atomic mass is 10.2. The van der Waals surface area contributed by atoms with Gasteiger partial charge in [-0.2, -0.15) is 5.10 Å². The summed E-state index contributed by atoms with van der Waals surface area (Å²) in [6.45, 7) is -0.208. The van der Waals surface area contributed by atoms with Crippen molar-refractivity contribution in [2.24, 2.45) is 5.10 Å². The van der Waals surface area contributed by atoms with Crippen molar-refractivity contribution in [3.8, 4) is 28.7 Å². The second-order valence-corrected chi connectivity index (χ2v) is 5.18. The molecule has 27 heavy (non-hydrogen) atoms. The van der Waals surface area contributed by atoms with Gasteiger partial charge in [0.2, 0.25) is 0 Å². The second kappa shape index (κ2) is 9.91. The van der Waals surface area contributed by atoms with E-state index in [9.17, 15) is 4.79 Å². The summed E-state index contributed by atoms with van der Waals surface area (Å²) in [4.78, 5) is 11.9. The van der Waals surface area contributed by atoms with Crippen molar-refractivity contribution in [1.82, 2.24) is 5.43 Å². The first-order valence-corrected chi connectivity index (χ1v) is 8.00. The lowest BCUT2D eigenvalue weighted by Gasteiger charge is -2.12. The Morgan fingerprint density at radius 1 is 0.889 bits per heavy atom. The molecule has 0 aliphatic carbocycles. The predicted molar refractivity (Wildman–Crippen MR) is 100 cm³/mol. The molecule has 1 N–H and O–H groups in total. The van der Waals surface area contributed by atoms with E-state index in [4.69, 9.17) is 23.7 Å². The molecule has 0 aliphatic heterocycles. The zero-order valence-corrected chi connectivity index (χ0v) is 15.6. The van der Waals surface area contributed by atoms with E-state index in [1.54, 1.807) is 30.3 Å². The minimum Gasteiger partial charge on any atom is -0.496 e. The fraction of sp³-hybridized carbons (Fsp3) is 0.263. The molecular formula is C19H22N2O6. The van der Waals surface area contributed by atoms with E-state index in [1.807, 2.05) is 6.07 Å². The maximum Gasteiger partial charge on any atom is 0.277 e. The van der Waals surface area contributed by atoms with Crippen LogP contribution in [0.3, 0.4) is 0 Å². The number of rotatable bonds is 9. The lowest BCUT2D eigenvalue weighted by molar-refractivity contribution is -0.123. The Morgan fingerprint density at radius 2 is 1.48 bits per heavy atom. The van der Waals surface area contributed by atoms with E-state index in [2.05, 4.69) is 10.5 Å². The third-order valence-electron chi connectivity index (χ3n) is 3.56. The highest BCUT2D eigenvalue weighted by Gasteiger charge is 2.11. The van der Waals surface area contributed by atoms with Gasteiger partial charge in [-0.3, -0.25) is 4.79 Å². The molecule has 0 aliphatic rings. The quantitative estimate of drug-likeness (QED) is 0.535. The number of hydrogen-bond donors (Lipinski definition) is 1. The molecule has 0 heterocycles. The van der Waals surface area contributed by atoms with Crippen LogP contribution in [-0.2, 0) is 4.79 Å². The number of ether oxygens (including phenoxy) is 5. The predicted octanol–water partition coefficient (Wildman–Crippen LogP) is 2.25. The summed E-state index contributed by atoms with van der Waals surface area (Å²) in [6, 6.07) is 10.4. The highest BCUT2D eigenvalue weighted by Crippen LogP contribution is 2.33. The van der Waals surface area contributed by atoms with E-state index in [0.29, 0.717) is 34.3 Å². The Hall–Kier alpha value is -3.42. The van der Waals surface area contributed by atoms with Gasteiger partial charge in [-0.1, -0.05) is 12.1 Å². The van der Waals surface area contributed by atoms with Gasteiger partial charge < -0.3 is 23.7 Å². The number of amides is 1. The van der Waals surface area contributed by atoms with Crippen LogP contribution in [0.5, 0.6) is 28.7 Å². The van der Waals surface area contributed by atoms with Gasteiger partial charge in [-0.15, -0.1) is 0 Å². The molecule has 0 fully saturated rings. The molecule has 2 rings (SSSR count). The first-order valence-electron chi connectivity index (χ1n) is 8.00. The van der Waals surface area contributed by atoms with Crippen molar-refractivity contribution >= 4 is 12.1 Å². The van der Waals surface area contributed by atoms with Gasteiger partial charge in [0, 0.05) is 11.6 Å². The molecule has 0 atom stereocenters. The zero-order chi connectivity index (χ0) is 19.6. The van der Waals surface area contributed by atoms with Crippen LogP contribution in [0.25, 0.3) is 0 Å². The van der Waals surface area contributed by atoms with Crippen molar-refractivity contribution in [3.05, 3.63) is 42.0 Å². The Balaban J connectivity index is 1.99. The number of benzene rings is 2. The van der Waals surface area contributed by atoms with Crippen LogP contribution >= 0.6 is 0 Å². The first kappa shape index (κ1) is 19.9. The van der Waals surface area contributed by atoms with Gasteiger partial charge in [0.15, 0.2) is 29.6 Å². The molecule has 1 amide bonds. The second-order valence-electron chi connectivity index (χ2n) is 5.18. The molecule has 8 nitrogen and oxygen atoms in total. The zero-order valence-electron chi connectivity index (χ0n) is 15.6. The maximum absolute atomic E-state index is 11.9. The van der Waals surface area contributed by atoms with Gasteiger partial charge in [0.05, 0.1) is 34.7 Å². The molecule has 0 spiro atoms. The Labute approximate surface area is 157 Å². The molecule has 2 aromatic carbocycles. The molecular weight excluding hydrogens is 352 g/mol. The van der Waals surface area contributed by atoms with E-state index >= 15 is 0 Å². The summed E-state index contributed by atoms with van der Waals surface area (Å²) in [7, 11) is 6.12. The minimum absolute atomic E-state index is 0.208. The van der Waals surface area contributed by atoms with E-state index in [-0.39, 0.29) is 6.61 Å². The van der Waals surface area contributed by atoms with Crippen molar-refractivity contribution in [1.29, 1.82) is 0 Å². The summed E-state index contributed by atoms with van der Waals surface area (Å²) >= 11 is 0. The van der Waals surface area contributed by atoms with E-state index in [0.717, 1.165) is 0 Å². The number of nitrogens with one attached hydrogen (secondary N) is 1. The highest BCUT2D eigenvalue weighted by molar-refractivity contribution is 5.86. The third kappa shape index (κ3) is 5.27. The minimum atomic E-state index is -0.420. The van der Waals surface area contributed by atoms with Crippen molar-refractivity contribution in [2.45, 2.75) is 0 Å². The van der Waals surface area contributed by atoms with Gasteiger partial charge in [-0.25, -0.2) is 5.43 Å². The highest BCUT2D eigenvalue weighted by atomic mass is 16.5. The van der Waals surface area contributed by atoms with Crippen LogP contribution < -0.4 is 29.1 Å². The first-order chi connectivity index (χ1) is 13.1. The van der Waals surface area contributed by atoms with Crippen molar-refractivity contribution < 1.29 is 28.5 Å². The Kier molecular flexibility index (Phi) is 7.30. The van der Waals surface area contributed by atoms with Crippen LogP contribution in [0, 0.1) is 0 Å². The largest absolute Gasteiger partial charge is 0.496 e. The van der Waals surface area contributed by atoms with Gasteiger partial charge in [0.25, 0.3) is 5.91 Å². The van der Waals surface area contributed by atoms with Crippen molar-refractivity contribution in [2.75, 3.05) is 35.0 Å². The van der Waals surface area contributed by atoms with Gasteiger partial charge in [0.1, 0.15) is 5.75 Å². The topological polar surface area (TPSA) is 87.6 Å².